The zero-order chi connectivity index (χ0) is 10.9. The Bertz CT molecular complexity index is 227. The minimum atomic E-state index is -0.488. The number of β-amino-alcohol motifs (C(OH)–C–C–N with tert-alkyl or cyclic N) is 1. The van der Waals surface area contributed by atoms with Crippen molar-refractivity contribution in [2.45, 2.75) is 43.3 Å². The molecule has 3 N–H and O–H groups in total. The molecule has 0 bridgehead atoms. The first-order chi connectivity index (χ1) is 6.29. The van der Waals surface area contributed by atoms with Crippen LogP contribution < -0.4 is 5.84 Å². The molecule has 1 aliphatic rings. The minimum Gasteiger partial charge on any atom is -0.391 e. The Labute approximate surface area is 88.8 Å². The van der Waals surface area contributed by atoms with Crippen molar-refractivity contribution < 1.29 is 9.90 Å². The highest BCUT2D eigenvalue weighted by Gasteiger charge is 2.34. The topological polar surface area (TPSA) is 66.6 Å². The molecule has 0 aliphatic carbocycles. The van der Waals surface area contributed by atoms with Gasteiger partial charge in [0.05, 0.1) is 17.9 Å². The highest BCUT2D eigenvalue weighted by molar-refractivity contribution is 8.01. The number of hydrogen-bond donors (Lipinski definition) is 2. The Balaban J connectivity index is 2.63. The van der Waals surface area contributed by atoms with Gasteiger partial charge >= 0.3 is 0 Å². The lowest BCUT2D eigenvalue weighted by molar-refractivity contribution is -0.136. The Hall–Kier alpha value is -0.260. The fourth-order valence-electron chi connectivity index (χ4n) is 1.45. The third kappa shape index (κ3) is 3.15. The number of amides is 1. The number of carbonyl (C=O) groups is 1. The van der Waals surface area contributed by atoms with Crippen LogP contribution in [0.2, 0.25) is 0 Å². The molecule has 1 rings (SSSR count). The van der Waals surface area contributed by atoms with Gasteiger partial charge in [-0.3, -0.25) is 9.80 Å². The molecule has 1 aliphatic heterocycles. The number of carbonyl (C=O) groups excluding carboxylic acids is 1. The van der Waals surface area contributed by atoms with Gasteiger partial charge in [-0.1, -0.05) is 20.8 Å². The van der Waals surface area contributed by atoms with E-state index >= 15 is 0 Å². The van der Waals surface area contributed by atoms with Crippen molar-refractivity contribution in [2.75, 3.05) is 6.54 Å². The van der Waals surface area contributed by atoms with Gasteiger partial charge in [0.1, 0.15) is 0 Å². The average molecular weight is 218 g/mol. The molecule has 14 heavy (non-hydrogen) atoms. The van der Waals surface area contributed by atoms with E-state index < -0.39 is 6.10 Å². The number of nitrogens with two attached hydrogens (primary N) is 1. The maximum absolute atomic E-state index is 11.6. The van der Waals surface area contributed by atoms with E-state index in [1.165, 1.54) is 0 Å². The van der Waals surface area contributed by atoms with E-state index in [9.17, 15) is 9.90 Å². The molecule has 0 aromatic carbocycles. The van der Waals surface area contributed by atoms with Crippen LogP contribution in [-0.2, 0) is 4.79 Å². The summed E-state index contributed by atoms with van der Waals surface area (Å²) in [6.45, 7) is 6.40. The Morgan fingerprint density at radius 1 is 1.57 bits per heavy atom. The number of aliphatic hydroxyl groups excluding tert-OH is 1. The molecule has 1 amide bonds. The van der Waals surface area contributed by atoms with E-state index in [0.29, 0.717) is 6.42 Å². The Morgan fingerprint density at radius 2 is 2.14 bits per heavy atom. The van der Waals surface area contributed by atoms with Gasteiger partial charge in [-0.2, -0.15) is 0 Å². The highest BCUT2D eigenvalue weighted by atomic mass is 32.2. The first-order valence-corrected chi connectivity index (χ1v) is 5.59. The number of rotatable bonds is 1. The number of thioether (sulfide) groups is 1. The van der Waals surface area contributed by atoms with Crippen molar-refractivity contribution in [2.24, 2.45) is 5.84 Å². The summed E-state index contributed by atoms with van der Waals surface area (Å²) in [5, 5.41) is 10.4. The second-order valence-electron chi connectivity index (χ2n) is 4.60. The molecule has 1 heterocycles. The van der Waals surface area contributed by atoms with Crippen LogP contribution in [0.3, 0.4) is 0 Å². The molecule has 1 fully saturated rings. The predicted molar refractivity (Wildman–Crippen MR) is 57.7 cm³/mol. The van der Waals surface area contributed by atoms with Crippen LogP contribution in [0.25, 0.3) is 0 Å². The highest BCUT2D eigenvalue weighted by Crippen LogP contribution is 2.33. The first-order valence-electron chi connectivity index (χ1n) is 4.71. The number of hydrazine groups is 1. The van der Waals surface area contributed by atoms with E-state index in [-0.39, 0.29) is 22.4 Å². The molecule has 2 unspecified atom stereocenters. The largest absolute Gasteiger partial charge is 0.391 e. The van der Waals surface area contributed by atoms with E-state index in [4.69, 9.17) is 5.84 Å². The van der Waals surface area contributed by atoms with Crippen molar-refractivity contribution >= 4 is 17.7 Å². The van der Waals surface area contributed by atoms with E-state index in [1.807, 2.05) is 20.8 Å². The van der Waals surface area contributed by atoms with Crippen LogP contribution in [0.4, 0.5) is 0 Å². The lowest BCUT2D eigenvalue weighted by atomic mass is 10.1. The van der Waals surface area contributed by atoms with Gasteiger partial charge in [-0.05, 0) is 6.42 Å². The molecule has 5 heteroatoms. The second-order valence-corrected chi connectivity index (χ2v) is 6.63. The van der Waals surface area contributed by atoms with Crippen LogP contribution in [0, 0.1) is 0 Å². The third-order valence-electron chi connectivity index (χ3n) is 1.95. The summed E-state index contributed by atoms with van der Waals surface area (Å²) < 4.78 is 0.0121. The molecular weight excluding hydrogens is 200 g/mol. The van der Waals surface area contributed by atoms with Crippen LogP contribution in [0.15, 0.2) is 0 Å². The predicted octanol–water partition coefficient (Wildman–Crippen LogP) is 0.354. The van der Waals surface area contributed by atoms with E-state index in [2.05, 4.69) is 0 Å². The van der Waals surface area contributed by atoms with Crippen molar-refractivity contribution in [3.05, 3.63) is 0 Å². The third-order valence-corrected chi connectivity index (χ3v) is 3.33. The summed E-state index contributed by atoms with van der Waals surface area (Å²) in [7, 11) is 0. The molecule has 0 aromatic rings. The maximum atomic E-state index is 11.6. The fourth-order valence-corrected chi connectivity index (χ4v) is 2.86. The van der Waals surface area contributed by atoms with Gasteiger partial charge in [0.2, 0.25) is 5.91 Å². The van der Waals surface area contributed by atoms with Crippen molar-refractivity contribution in [1.29, 1.82) is 0 Å². The SMILES string of the molecule is CC(C)(C)SC1CC(O)CN(N)C1=O. The molecule has 0 saturated carbocycles. The van der Waals surface area contributed by atoms with E-state index in [1.54, 1.807) is 11.8 Å². The molecule has 0 aromatic heterocycles. The van der Waals surface area contributed by atoms with Gasteiger partial charge in [0, 0.05) is 4.75 Å². The molecule has 0 spiro atoms. The standard InChI is InChI=1S/C9H18N2O2S/c1-9(2,3)14-7-4-6(12)5-11(10)8(7)13/h6-7,12H,4-5,10H2,1-3H3. The quantitative estimate of drug-likeness (QED) is 0.492. The number of nitrogens with zero attached hydrogens (tertiary/aromatic N) is 1. The zero-order valence-electron chi connectivity index (χ0n) is 8.86. The van der Waals surface area contributed by atoms with Crippen LogP contribution in [0.5, 0.6) is 0 Å². The van der Waals surface area contributed by atoms with Crippen molar-refractivity contribution in [1.82, 2.24) is 5.01 Å². The lowest BCUT2D eigenvalue weighted by Crippen LogP contribution is -2.53. The lowest BCUT2D eigenvalue weighted by Gasteiger charge is -2.34. The van der Waals surface area contributed by atoms with Gasteiger partial charge in [0.15, 0.2) is 0 Å². The monoisotopic (exact) mass is 218 g/mol. The maximum Gasteiger partial charge on any atom is 0.249 e. The molecule has 2 atom stereocenters. The zero-order valence-corrected chi connectivity index (χ0v) is 9.67. The van der Waals surface area contributed by atoms with Crippen LogP contribution in [-0.4, -0.2) is 38.7 Å². The smallest absolute Gasteiger partial charge is 0.249 e. The van der Waals surface area contributed by atoms with Crippen molar-refractivity contribution in [3.8, 4) is 0 Å². The molecule has 4 nitrogen and oxygen atoms in total. The Kier molecular flexibility index (Phi) is 3.44. The summed E-state index contributed by atoms with van der Waals surface area (Å²) >= 11 is 1.56. The normalized spacial score (nSPS) is 29.5. The summed E-state index contributed by atoms with van der Waals surface area (Å²) in [6, 6.07) is 0. The Morgan fingerprint density at radius 3 is 2.64 bits per heavy atom. The molecule has 82 valence electrons. The number of hydrogen-bond acceptors (Lipinski definition) is 4. The van der Waals surface area contributed by atoms with Gasteiger partial charge in [0.25, 0.3) is 0 Å². The average Bonchev–Trinajstić information content (AvgIpc) is 1.96. The molecule has 0 radical (unpaired) electrons. The summed E-state index contributed by atoms with van der Waals surface area (Å²) in [4.78, 5) is 11.6. The van der Waals surface area contributed by atoms with Crippen LogP contribution >= 0.6 is 11.8 Å². The van der Waals surface area contributed by atoms with Gasteiger partial charge < -0.3 is 5.11 Å². The van der Waals surface area contributed by atoms with Crippen molar-refractivity contribution in [3.63, 3.8) is 0 Å². The molecular formula is C9H18N2O2S. The summed E-state index contributed by atoms with van der Waals surface area (Å²) in [5.74, 6) is 5.41. The van der Waals surface area contributed by atoms with Gasteiger partial charge in [-0.15, -0.1) is 11.8 Å². The van der Waals surface area contributed by atoms with Gasteiger partial charge in [-0.25, -0.2) is 5.84 Å². The number of piperidine rings is 1. The van der Waals surface area contributed by atoms with Crippen LogP contribution in [0.1, 0.15) is 27.2 Å². The minimum absolute atomic E-state index is 0.0121. The fraction of sp³-hybridized carbons (Fsp3) is 0.889. The first kappa shape index (κ1) is 11.8. The molecule has 1 saturated heterocycles. The summed E-state index contributed by atoms with van der Waals surface area (Å²) in [5.41, 5.74) is 0. The second kappa shape index (κ2) is 4.08. The van der Waals surface area contributed by atoms with E-state index in [0.717, 1.165) is 5.01 Å². The number of aliphatic hydroxyl groups is 1. The summed E-state index contributed by atoms with van der Waals surface area (Å²) in [6.07, 6.45) is 0.0200.